The lowest BCUT2D eigenvalue weighted by atomic mass is 10.0. The number of hydrogen-bond acceptors (Lipinski definition) is 3. The number of likely N-dealkylation sites (N-methyl/N-ethyl adjacent to an activating group) is 1. The molecule has 16 heavy (non-hydrogen) atoms. The molecule has 1 heterocycles. The van der Waals surface area contributed by atoms with Gasteiger partial charge >= 0.3 is 0 Å². The molecule has 0 aromatic carbocycles. The van der Waals surface area contributed by atoms with Crippen LogP contribution in [-0.2, 0) is 4.74 Å². The second kappa shape index (κ2) is 4.17. The first kappa shape index (κ1) is 11.6. The fourth-order valence-corrected chi connectivity index (χ4v) is 1.82. The Morgan fingerprint density at radius 3 is 2.75 bits per heavy atom. The van der Waals surface area contributed by atoms with Crippen molar-refractivity contribution in [2.75, 3.05) is 14.1 Å². The van der Waals surface area contributed by atoms with Crippen LogP contribution < -0.4 is 5.32 Å². The summed E-state index contributed by atoms with van der Waals surface area (Å²) < 4.78 is 5.54. The van der Waals surface area contributed by atoms with E-state index in [0.29, 0.717) is 0 Å². The number of allylic oxidation sites excluding steroid dienone is 4. The standard InChI is InChI=1S/C13H20N2O/c1-10-6-5-8-13(2,9-7-10)14-11-12(16-11)15(3)4/h5-9,11-12,14H,1-4H3. The molecule has 0 aromatic rings. The van der Waals surface area contributed by atoms with Gasteiger partial charge in [0.25, 0.3) is 0 Å². The van der Waals surface area contributed by atoms with Crippen LogP contribution in [0.2, 0.25) is 0 Å². The van der Waals surface area contributed by atoms with E-state index in [1.807, 2.05) is 14.1 Å². The summed E-state index contributed by atoms with van der Waals surface area (Å²) in [5, 5.41) is 3.49. The normalized spacial score (nSPS) is 37.4. The summed E-state index contributed by atoms with van der Waals surface area (Å²) >= 11 is 0. The van der Waals surface area contributed by atoms with Gasteiger partial charge in [0.05, 0.1) is 5.54 Å². The van der Waals surface area contributed by atoms with E-state index in [4.69, 9.17) is 4.74 Å². The van der Waals surface area contributed by atoms with Crippen LogP contribution in [-0.4, -0.2) is 37.0 Å². The van der Waals surface area contributed by atoms with E-state index >= 15 is 0 Å². The highest BCUT2D eigenvalue weighted by Crippen LogP contribution is 2.25. The van der Waals surface area contributed by atoms with Crippen LogP contribution in [0, 0.1) is 0 Å². The van der Waals surface area contributed by atoms with Crippen LogP contribution >= 0.6 is 0 Å². The van der Waals surface area contributed by atoms with Gasteiger partial charge in [0, 0.05) is 0 Å². The van der Waals surface area contributed by atoms with Gasteiger partial charge in [-0.15, -0.1) is 0 Å². The Balaban J connectivity index is 1.98. The summed E-state index contributed by atoms with van der Waals surface area (Å²) in [4.78, 5) is 2.08. The fourth-order valence-electron chi connectivity index (χ4n) is 1.82. The summed E-state index contributed by atoms with van der Waals surface area (Å²) in [6.07, 6.45) is 11.0. The zero-order valence-electron chi connectivity index (χ0n) is 10.4. The zero-order chi connectivity index (χ0) is 11.8. The topological polar surface area (TPSA) is 27.8 Å². The number of epoxide rings is 1. The van der Waals surface area contributed by atoms with Crippen molar-refractivity contribution in [2.45, 2.75) is 31.8 Å². The number of nitrogens with one attached hydrogen (secondary N) is 1. The van der Waals surface area contributed by atoms with Crippen LogP contribution in [0.15, 0.2) is 36.0 Å². The summed E-state index contributed by atoms with van der Waals surface area (Å²) in [6, 6.07) is 0. The smallest absolute Gasteiger partial charge is 0.152 e. The van der Waals surface area contributed by atoms with E-state index in [1.54, 1.807) is 0 Å². The van der Waals surface area contributed by atoms with Crippen molar-refractivity contribution in [1.82, 2.24) is 10.2 Å². The molecule has 88 valence electrons. The molecule has 0 spiro atoms. The van der Waals surface area contributed by atoms with Gasteiger partial charge in [0.1, 0.15) is 0 Å². The number of rotatable bonds is 3. The van der Waals surface area contributed by atoms with Gasteiger partial charge in [-0.05, 0) is 27.9 Å². The van der Waals surface area contributed by atoms with E-state index < -0.39 is 0 Å². The minimum absolute atomic E-state index is 0.121. The highest BCUT2D eigenvalue weighted by Gasteiger charge is 2.43. The molecule has 1 saturated heterocycles. The van der Waals surface area contributed by atoms with Crippen molar-refractivity contribution in [2.24, 2.45) is 0 Å². The molecule has 2 rings (SSSR count). The molecule has 0 radical (unpaired) electrons. The summed E-state index contributed by atoms with van der Waals surface area (Å²) in [6.45, 7) is 4.25. The number of hydrogen-bond donors (Lipinski definition) is 1. The molecular weight excluding hydrogens is 200 g/mol. The van der Waals surface area contributed by atoms with Crippen molar-refractivity contribution in [3.8, 4) is 0 Å². The molecule has 0 aromatic heterocycles. The molecule has 1 aliphatic carbocycles. The quantitative estimate of drug-likeness (QED) is 0.733. The van der Waals surface area contributed by atoms with Crippen LogP contribution in [0.1, 0.15) is 13.8 Å². The third-order valence-electron chi connectivity index (χ3n) is 2.92. The van der Waals surface area contributed by atoms with E-state index in [1.165, 1.54) is 5.57 Å². The first-order chi connectivity index (χ1) is 7.50. The third kappa shape index (κ3) is 2.61. The Morgan fingerprint density at radius 2 is 2.12 bits per heavy atom. The lowest BCUT2D eigenvalue weighted by molar-refractivity contribution is 0.240. The largest absolute Gasteiger partial charge is 0.337 e. The van der Waals surface area contributed by atoms with Gasteiger partial charge in [-0.25, -0.2) is 0 Å². The van der Waals surface area contributed by atoms with Gasteiger partial charge in [0.15, 0.2) is 12.5 Å². The zero-order valence-corrected chi connectivity index (χ0v) is 10.4. The Kier molecular flexibility index (Phi) is 3.02. The first-order valence-corrected chi connectivity index (χ1v) is 5.65. The maximum Gasteiger partial charge on any atom is 0.152 e. The number of nitrogens with zero attached hydrogens (tertiary/aromatic N) is 1. The van der Waals surface area contributed by atoms with Crippen LogP contribution in [0.3, 0.4) is 0 Å². The van der Waals surface area contributed by atoms with Crippen molar-refractivity contribution < 1.29 is 4.74 Å². The van der Waals surface area contributed by atoms with Gasteiger partial charge in [0.2, 0.25) is 0 Å². The second-order valence-corrected chi connectivity index (χ2v) is 4.94. The predicted molar refractivity (Wildman–Crippen MR) is 65.9 cm³/mol. The van der Waals surface area contributed by atoms with E-state index in [-0.39, 0.29) is 18.0 Å². The molecule has 2 aliphatic rings. The highest BCUT2D eigenvalue weighted by molar-refractivity contribution is 5.33. The van der Waals surface area contributed by atoms with Gasteiger partial charge in [-0.3, -0.25) is 10.2 Å². The lowest BCUT2D eigenvalue weighted by Crippen LogP contribution is -2.42. The Hall–Kier alpha value is -0.900. The monoisotopic (exact) mass is 220 g/mol. The highest BCUT2D eigenvalue weighted by atomic mass is 16.6. The van der Waals surface area contributed by atoms with Crippen molar-refractivity contribution in [3.63, 3.8) is 0 Å². The van der Waals surface area contributed by atoms with Crippen LogP contribution in [0.5, 0.6) is 0 Å². The molecule has 1 N–H and O–H groups in total. The summed E-state index contributed by atoms with van der Waals surface area (Å²) in [7, 11) is 4.05. The van der Waals surface area contributed by atoms with Crippen molar-refractivity contribution >= 4 is 0 Å². The maximum atomic E-state index is 5.54. The van der Waals surface area contributed by atoms with Crippen molar-refractivity contribution in [1.29, 1.82) is 0 Å². The van der Waals surface area contributed by atoms with Gasteiger partial charge in [-0.1, -0.05) is 36.0 Å². The lowest BCUT2D eigenvalue weighted by Gasteiger charge is -2.22. The molecule has 0 bridgehead atoms. The predicted octanol–water partition coefficient (Wildman–Crippen LogP) is 1.65. The molecule has 3 atom stereocenters. The molecule has 0 saturated carbocycles. The minimum atomic E-state index is -0.121. The molecule has 3 heteroatoms. The number of ether oxygens (including phenoxy) is 1. The Morgan fingerprint density at radius 1 is 1.38 bits per heavy atom. The summed E-state index contributed by atoms with van der Waals surface area (Å²) in [5.41, 5.74) is 1.14. The van der Waals surface area contributed by atoms with E-state index in [0.717, 1.165) is 0 Å². The molecule has 1 aliphatic heterocycles. The Bertz CT molecular complexity index is 357. The van der Waals surface area contributed by atoms with Gasteiger partial charge in [-0.2, -0.15) is 0 Å². The van der Waals surface area contributed by atoms with E-state index in [2.05, 4.69) is 54.4 Å². The Labute approximate surface area is 97.5 Å². The molecular formula is C13H20N2O. The first-order valence-electron chi connectivity index (χ1n) is 5.65. The van der Waals surface area contributed by atoms with Gasteiger partial charge < -0.3 is 4.74 Å². The van der Waals surface area contributed by atoms with Crippen LogP contribution in [0.25, 0.3) is 0 Å². The minimum Gasteiger partial charge on any atom is -0.337 e. The van der Waals surface area contributed by atoms with E-state index in [9.17, 15) is 0 Å². The van der Waals surface area contributed by atoms with Crippen LogP contribution in [0.4, 0.5) is 0 Å². The molecule has 1 fully saturated rings. The molecule has 3 nitrogen and oxygen atoms in total. The maximum absolute atomic E-state index is 5.54. The summed E-state index contributed by atoms with van der Waals surface area (Å²) in [5.74, 6) is 0. The fraction of sp³-hybridized carbons (Fsp3) is 0.538. The second-order valence-electron chi connectivity index (χ2n) is 4.94. The average Bonchev–Trinajstić information content (AvgIpc) is 2.95. The average molecular weight is 220 g/mol. The molecule has 0 amide bonds. The molecule has 3 unspecified atom stereocenters. The third-order valence-corrected chi connectivity index (χ3v) is 2.92. The van der Waals surface area contributed by atoms with Crippen molar-refractivity contribution in [3.05, 3.63) is 36.0 Å². The SMILES string of the molecule is CC1=CC=CC(C)(NC2OC2N(C)C)C=C1.